The van der Waals surface area contributed by atoms with Gasteiger partial charge in [0.2, 0.25) is 0 Å². The van der Waals surface area contributed by atoms with Gasteiger partial charge >= 0.3 is 169 Å². The number of carbonyl (C=O) groups is 1. The number of ether oxygens (including phenoxy) is 1. The molecule has 0 N–H and O–H groups in total. The van der Waals surface area contributed by atoms with Crippen LogP contribution in [0.15, 0.2) is 60.7 Å². The maximum Gasteiger partial charge on any atom is -1.00 e. The smallest absolute Gasteiger partial charge is 1.00 e. The first-order valence-corrected chi connectivity index (χ1v) is 11.5. The quantitative estimate of drug-likeness (QED) is 0.325. The number of hydrogen-bond acceptors (Lipinski definition) is 2. The van der Waals surface area contributed by atoms with Crippen LogP contribution in [0.25, 0.3) is 0 Å². The van der Waals surface area contributed by atoms with Gasteiger partial charge in [0.1, 0.15) is 0 Å². The third-order valence-corrected chi connectivity index (χ3v) is 7.49. The van der Waals surface area contributed by atoms with Crippen molar-refractivity contribution in [1.29, 1.82) is 0 Å². The van der Waals surface area contributed by atoms with Gasteiger partial charge in [0.05, 0.1) is 0 Å². The van der Waals surface area contributed by atoms with E-state index >= 15 is 0 Å². The van der Waals surface area contributed by atoms with E-state index in [1.165, 1.54) is 11.6 Å². The van der Waals surface area contributed by atoms with E-state index in [1.54, 1.807) is 0 Å². The Morgan fingerprint density at radius 3 is 2.36 bits per heavy atom. The monoisotopic (exact) mass is 509 g/mol. The number of nitrogens with zero attached hydrogens (tertiary/aromatic N) is 1. The van der Waals surface area contributed by atoms with Crippen molar-refractivity contribution in [2.24, 2.45) is 5.41 Å². The molecule has 3 nitrogen and oxygen atoms in total. The number of hydrogen-bond donors (Lipinski definition) is 0. The van der Waals surface area contributed by atoms with Crippen LogP contribution in [-0.2, 0) is 9.53 Å². The molecular weight excluding hydrogens is 481 g/mol. The molecule has 0 aliphatic carbocycles. The molecule has 1 heterocycles. The van der Waals surface area contributed by atoms with Gasteiger partial charge in [0.15, 0.2) is 0 Å². The van der Waals surface area contributed by atoms with Crippen molar-refractivity contribution in [2.45, 2.75) is 44.1 Å². The summed E-state index contributed by atoms with van der Waals surface area (Å²) in [6, 6.07) is 20.7. The Hall–Kier alpha value is -1.42. The van der Waals surface area contributed by atoms with Crippen LogP contribution in [0.5, 0.6) is 0 Å². The van der Waals surface area contributed by atoms with E-state index in [0.717, 1.165) is 23.7 Å². The summed E-state index contributed by atoms with van der Waals surface area (Å²) in [5, 5.41) is 1.09. The van der Waals surface area contributed by atoms with Crippen LogP contribution in [0.4, 0.5) is 0 Å². The first kappa shape index (κ1) is 22.9. The third-order valence-electron chi connectivity index (χ3n) is 5.07. The second kappa shape index (κ2) is 10.4. The fourth-order valence-electron chi connectivity index (χ4n) is 3.60. The molecule has 150 valence electrons. The Morgan fingerprint density at radius 2 is 1.75 bits per heavy atom. The molecule has 1 unspecified atom stereocenters. The van der Waals surface area contributed by atoms with Crippen LogP contribution in [-0.4, -0.2) is 44.9 Å². The SMILES string of the molecule is COC(=O)[C@@H](c1ccccc1)[N+]1=CC(C)(C)CCC1C[Se]c1ccccc1.[Br-]. The fraction of sp³-hybridized carbons (Fsp3) is 0.391. The molecule has 28 heavy (non-hydrogen) atoms. The Bertz CT molecular complexity index is 793. The number of esters is 1. The van der Waals surface area contributed by atoms with E-state index < -0.39 is 0 Å². The fourth-order valence-corrected chi connectivity index (χ4v) is 5.85. The zero-order valence-corrected chi connectivity index (χ0v) is 20.0. The van der Waals surface area contributed by atoms with Crippen molar-refractivity contribution in [3.05, 3.63) is 66.2 Å². The molecule has 5 heteroatoms. The molecule has 0 saturated carbocycles. The summed E-state index contributed by atoms with van der Waals surface area (Å²) < 4.78 is 8.90. The molecule has 2 aromatic rings. The van der Waals surface area contributed by atoms with Gasteiger partial charge in [-0.05, 0) is 0 Å². The summed E-state index contributed by atoms with van der Waals surface area (Å²) in [6.07, 6.45) is 4.51. The summed E-state index contributed by atoms with van der Waals surface area (Å²) in [4.78, 5) is 12.8. The maximum atomic E-state index is 12.8. The Labute approximate surface area is 185 Å². The minimum atomic E-state index is -0.382. The van der Waals surface area contributed by atoms with E-state index in [0.29, 0.717) is 21.0 Å². The number of rotatable bonds is 6. The van der Waals surface area contributed by atoms with Crippen molar-refractivity contribution < 1.29 is 31.1 Å². The van der Waals surface area contributed by atoms with Crippen LogP contribution >= 0.6 is 0 Å². The van der Waals surface area contributed by atoms with Crippen molar-refractivity contribution >= 4 is 31.6 Å². The van der Waals surface area contributed by atoms with Gasteiger partial charge in [-0.3, -0.25) is 0 Å². The molecule has 0 saturated heterocycles. The first-order chi connectivity index (χ1) is 13.0. The average Bonchev–Trinajstić information content (AvgIpc) is 2.68. The molecule has 0 bridgehead atoms. The summed E-state index contributed by atoms with van der Waals surface area (Å²) in [6.45, 7) is 4.50. The predicted octanol–water partition coefficient (Wildman–Crippen LogP) is 0.625. The van der Waals surface area contributed by atoms with Gasteiger partial charge in [-0.2, -0.15) is 0 Å². The number of carbonyl (C=O) groups excluding carboxylic acids is 1. The predicted molar refractivity (Wildman–Crippen MR) is 111 cm³/mol. The summed E-state index contributed by atoms with van der Waals surface area (Å²) in [5.74, 6) is -0.188. The molecular formula is C23H28BrNO2Se. The second-order valence-corrected chi connectivity index (χ2v) is 10.0. The van der Waals surface area contributed by atoms with E-state index in [1.807, 2.05) is 30.3 Å². The molecule has 0 spiro atoms. The van der Waals surface area contributed by atoms with Gasteiger partial charge in [-0.15, -0.1) is 0 Å². The van der Waals surface area contributed by atoms with Gasteiger partial charge in [-0.25, -0.2) is 0 Å². The Kier molecular flexibility index (Phi) is 8.48. The number of benzene rings is 2. The molecule has 1 aliphatic heterocycles. The van der Waals surface area contributed by atoms with E-state index in [9.17, 15) is 4.79 Å². The third kappa shape index (κ3) is 5.79. The maximum absolute atomic E-state index is 12.8. The van der Waals surface area contributed by atoms with Gasteiger partial charge in [0, 0.05) is 0 Å². The molecule has 0 amide bonds. The number of halogens is 1. The minimum Gasteiger partial charge on any atom is -1.00 e. The molecule has 2 atom stereocenters. The minimum absolute atomic E-state index is 0. The summed E-state index contributed by atoms with van der Waals surface area (Å²) in [7, 11) is 1.48. The summed E-state index contributed by atoms with van der Waals surface area (Å²) in [5.41, 5.74) is 1.08. The molecule has 2 aromatic carbocycles. The van der Waals surface area contributed by atoms with Gasteiger partial charge < -0.3 is 17.0 Å². The van der Waals surface area contributed by atoms with E-state index in [-0.39, 0.29) is 34.4 Å². The van der Waals surface area contributed by atoms with Crippen molar-refractivity contribution in [3.63, 3.8) is 0 Å². The van der Waals surface area contributed by atoms with E-state index in [4.69, 9.17) is 4.74 Å². The summed E-state index contributed by atoms with van der Waals surface area (Å²) >= 11 is 0.386. The first-order valence-electron chi connectivity index (χ1n) is 9.44. The molecule has 0 radical (unpaired) electrons. The van der Waals surface area contributed by atoms with Crippen molar-refractivity contribution in [2.75, 3.05) is 7.11 Å². The van der Waals surface area contributed by atoms with Crippen molar-refractivity contribution in [1.82, 2.24) is 0 Å². The van der Waals surface area contributed by atoms with Crippen LogP contribution in [0.2, 0.25) is 5.32 Å². The van der Waals surface area contributed by atoms with Crippen LogP contribution in [0.1, 0.15) is 38.3 Å². The Balaban J connectivity index is 0.00000280. The second-order valence-electron chi connectivity index (χ2n) is 7.72. The molecule has 3 rings (SSSR count). The topological polar surface area (TPSA) is 29.3 Å². The van der Waals surface area contributed by atoms with Crippen LogP contribution < -0.4 is 21.4 Å². The van der Waals surface area contributed by atoms with Crippen LogP contribution in [0, 0.1) is 5.41 Å². The standard InChI is InChI=1S/C23H28NO2Se.BrH/c1-23(2)15-14-19(16-27-20-12-8-5-9-13-20)24(17-23)21(22(25)26-3)18-10-6-4-7-11-18;/h4-13,17,19,21H,14-16H2,1-3H3;1H/q+1;/p-1/t19?,21-;/m1./s1. The van der Waals surface area contributed by atoms with Gasteiger partial charge in [0.25, 0.3) is 0 Å². The van der Waals surface area contributed by atoms with Crippen LogP contribution in [0.3, 0.4) is 0 Å². The van der Waals surface area contributed by atoms with Crippen molar-refractivity contribution in [3.8, 4) is 0 Å². The average molecular weight is 509 g/mol. The molecule has 1 aliphatic rings. The normalized spacial score (nSPS) is 19.1. The zero-order valence-electron chi connectivity index (χ0n) is 16.7. The van der Waals surface area contributed by atoms with Gasteiger partial charge in [-0.1, -0.05) is 0 Å². The number of methoxy groups -OCH3 is 1. The Morgan fingerprint density at radius 1 is 1.14 bits per heavy atom. The zero-order chi connectivity index (χ0) is 19.3. The van der Waals surface area contributed by atoms with E-state index in [2.05, 4.69) is 55.0 Å². The molecule has 0 aromatic heterocycles. The largest absolute Gasteiger partial charge is 1.00 e. The molecule has 0 fully saturated rings.